The highest BCUT2D eigenvalue weighted by Crippen LogP contribution is 2.67. The highest BCUT2D eigenvalue weighted by atomic mass is 16.5. The van der Waals surface area contributed by atoms with Crippen LogP contribution in [0.3, 0.4) is 0 Å². The predicted molar refractivity (Wildman–Crippen MR) is 222 cm³/mol. The Bertz CT molecular complexity index is 2190. The third kappa shape index (κ3) is 5.04. The fourth-order valence-electron chi connectivity index (χ4n) is 13.4. The molecule has 6 heterocycles. The zero-order valence-electron chi connectivity index (χ0n) is 35.1. The van der Waals surface area contributed by atoms with Crippen molar-refractivity contribution in [1.29, 1.82) is 0 Å². The van der Waals surface area contributed by atoms with Crippen LogP contribution in [-0.4, -0.2) is 131 Å². The number of rotatable bonds is 7. The van der Waals surface area contributed by atoms with Gasteiger partial charge in [0.15, 0.2) is 5.60 Å². The number of esters is 1. The van der Waals surface area contributed by atoms with Crippen LogP contribution in [0.2, 0.25) is 0 Å². The number of ether oxygens (including phenoxy) is 2. The summed E-state index contributed by atoms with van der Waals surface area (Å²) in [6, 6.07) is 11.0. The molecule has 2 aromatic carbocycles. The average Bonchev–Trinajstić information content (AvgIpc) is 3.87. The fourth-order valence-corrected chi connectivity index (χ4v) is 13.4. The van der Waals surface area contributed by atoms with Gasteiger partial charge in [0.05, 0.1) is 25.9 Å². The van der Waals surface area contributed by atoms with Crippen molar-refractivity contribution >= 4 is 28.5 Å². The zero-order valence-corrected chi connectivity index (χ0v) is 35.1. The van der Waals surface area contributed by atoms with Gasteiger partial charge in [-0.15, -0.1) is 0 Å². The van der Waals surface area contributed by atoms with Gasteiger partial charge in [0.2, 0.25) is 0 Å². The van der Waals surface area contributed by atoms with Gasteiger partial charge in [-0.1, -0.05) is 44.2 Å². The van der Waals surface area contributed by atoms with Crippen molar-refractivity contribution in [3.63, 3.8) is 0 Å². The van der Waals surface area contributed by atoms with Gasteiger partial charge in [0.1, 0.15) is 17.3 Å². The van der Waals surface area contributed by atoms with Crippen LogP contribution in [0.4, 0.5) is 5.69 Å². The van der Waals surface area contributed by atoms with E-state index in [2.05, 4.69) is 50.5 Å². The van der Waals surface area contributed by atoms with E-state index >= 15 is 4.79 Å². The maximum Gasteiger partial charge on any atom is 0.322 e. The number of piperidine rings is 1. The molecule has 3 fully saturated rings. The second-order valence-corrected chi connectivity index (χ2v) is 18.8. The molecule has 12 nitrogen and oxygen atoms in total. The van der Waals surface area contributed by atoms with Gasteiger partial charge in [-0.3, -0.25) is 19.4 Å². The Morgan fingerprint density at radius 1 is 1.03 bits per heavy atom. The highest BCUT2D eigenvalue weighted by Gasteiger charge is 2.78. The van der Waals surface area contributed by atoms with Crippen LogP contribution in [0.1, 0.15) is 82.2 Å². The fraction of sp³-hybridized carbons (Fsp3) is 0.609. The Kier molecular flexibility index (Phi) is 9.22. The van der Waals surface area contributed by atoms with E-state index in [1.165, 1.54) is 7.11 Å². The second-order valence-electron chi connectivity index (χ2n) is 18.8. The van der Waals surface area contributed by atoms with Crippen LogP contribution in [0.15, 0.2) is 48.6 Å². The number of nitrogens with zero attached hydrogens (tertiary/aromatic N) is 3. The van der Waals surface area contributed by atoms with Crippen LogP contribution in [0.25, 0.3) is 10.9 Å². The van der Waals surface area contributed by atoms with Gasteiger partial charge in [-0.05, 0) is 88.1 Å². The van der Waals surface area contributed by atoms with Gasteiger partial charge in [-0.2, -0.15) is 0 Å². The molecule has 1 amide bonds. The zero-order chi connectivity index (χ0) is 41.2. The lowest BCUT2D eigenvalue weighted by Gasteiger charge is -2.63. The third-order valence-corrected chi connectivity index (χ3v) is 15.6. The molecule has 1 saturated carbocycles. The average molecular weight is 796 g/mol. The lowest BCUT2D eigenvalue weighted by atomic mass is 9.47. The quantitative estimate of drug-likeness (QED) is 0.177. The number of aliphatic hydroxyl groups is 3. The summed E-state index contributed by atoms with van der Waals surface area (Å²) in [5, 5.41) is 41.9. The van der Waals surface area contributed by atoms with Crippen molar-refractivity contribution in [1.82, 2.24) is 20.1 Å². The first kappa shape index (κ1) is 39.5. The van der Waals surface area contributed by atoms with E-state index in [1.54, 1.807) is 7.11 Å². The van der Waals surface area contributed by atoms with E-state index < -0.39 is 51.5 Å². The van der Waals surface area contributed by atoms with Crippen molar-refractivity contribution in [3.8, 4) is 5.75 Å². The summed E-state index contributed by atoms with van der Waals surface area (Å²) < 4.78 is 12.3. The first-order valence-corrected chi connectivity index (χ1v) is 21.4. The smallest absolute Gasteiger partial charge is 0.322 e. The Labute approximate surface area is 341 Å². The van der Waals surface area contributed by atoms with Crippen molar-refractivity contribution in [3.05, 3.63) is 70.9 Å². The number of anilines is 1. The molecule has 312 valence electrons. The van der Waals surface area contributed by atoms with Crippen LogP contribution in [-0.2, 0) is 31.6 Å². The van der Waals surface area contributed by atoms with Crippen LogP contribution in [0, 0.1) is 11.3 Å². The Hall–Kier alpha value is -3.94. The first-order valence-electron chi connectivity index (χ1n) is 21.4. The highest BCUT2D eigenvalue weighted by molar-refractivity contribution is 5.95. The monoisotopic (exact) mass is 795 g/mol. The SMILES string of the molecule is CC[C@]1(O)C[C@H]2CN(CCc3c([nH]c4ccccc34)[C@@](C(=O)OC)(c3cc4c(cc3OC)N(C)[C@H]3[C@@](O)(C(=O)NC(C)C)[C@H](O)[C@]5(CC)C=CCN6CC[C@]43[C@@H]65)C2)C1. The van der Waals surface area contributed by atoms with Crippen LogP contribution in [0.5, 0.6) is 5.75 Å². The number of carbonyl (C=O) groups excluding carboxylic acids is 2. The summed E-state index contributed by atoms with van der Waals surface area (Å²) in [6.07, 6.45) is 6.02. The molecule has 58 heavy (non-hydrogen) atoms. The molecule has 5 aliphatic heterocycles. The van der Waals surface area contributed by atoms with Crippen molar-refractivity contribution in [2.45, 2.75) is 112 Å². The third-order valence-electron chi connectivity index (χ3n) is 15.6. The summed E-state index contributed by atoms with van der Waals surface area (Å²) in [5.74, 6) is -0.592. The van der Waals surface area contributed by atoms with E-state index in [-0.39, 0.29) is 18.0 Å². The van der Waals surface area contributed by atoms with Crippen molar-refractivity contribution in [2.75, 3.05) is 58.9 Å². The van der Waals surface area contributed by atoms with Crippen molar-refractivity contribution < 1.29 is 34.4 Å². The summed E-state index contributed by atoms with van der Waals surface area (Å²) >= 11 is 0. The maximum absolute atomic E-state index is 15.3. The summed E-state index contributed by atoms with van der Waals surface area (Å²) in [4.78, 5) is 40.5. The number of aromatic amines is 1. The van der Waals surface area contributed by atoms with Gasteiger partial charge >= 0.3 is 5.97 Å². The largest absolute Gasteiger partial charge is 0.496 e. The van der Waals surface area contributed by atoms with Crippen LogP contribution < -0.4 is 15.0 Å². The molecule has 10 atom stereocenters. The molecule has 6 aliphatic rings. The second kappa shape index (κ2) is 13.5. The summed E-state index contributed by atoms with van der Waals surface area (Å²) in [5.41, 5.74) is -1.16. The first-order chi connectivity index (χ1) is 27.7. The number of amides is 1. The minimum absolute atomic E-state index is 0.0745. The summed E-state index contributed by atoms with van der Waals surface area (Å²) in [6.45, 7) is 11.2. The molecule has 1 spiro atoms. The Morgan fingerprint density at radius 2 is 1.81 bits per heavy atom. The molecule has 0 radical (unpaired) electrons. The number of H-pyrrole nitrogens is 1. The number of carbonyl (C=O) groups is 2. The number of likely N-dealkylation sites (N-methyl/N-ethyl adjacent to an activating group) is 1. The maximum atomic E-state index is 15.3. The standard InChI is InChI=1S/C46H61N5O7/c1-8-42(55)23-28-24-45(41(54)58-7,36-30(15-19-50(25-28)26-42)29-13-10-11-14-33(29)48-36)32-21-31-34(22-35(32)57-6)49(5)38-44(31)17-20-51-18-12-16-43(9-2,37(44)51)39(52)46(38,56)40(53)47-27(3)4/h10-14,16,21-22,27-28,37-39,48,52,55-56H,8-9,15,17-20,23-26H2,1-7H3,(H,47,53)/t28-,37+,38-,39-,42+,43-,44-,45+,46+/m1/s1. The predicted octanol–water partition coefficient (Wildman–Crippen LogP) is 3.77. The molecule has 12 heteroatoms. The number of para-hydroxylation sites is 1. The van der Waals surface area contributed by atoms with E-state index in [1.807, 2.05) is 57.8 Å². The molecule has 1 aliphatic carbocycles. The molecular weight excluding hydrogens is 735 g/mol. The molecule has 9 rings (SSSR count). The van der Waals surface area contributed by atoms with E-state index in [0.29, 0.717) is 69.5 Å². The van der Waals surface area contributed by atoms with E-state index in [4.69, 9.17) is 9.47 Å². The van der Waals surface area contributed by atoms with Crippen LogP contribution >= 0.6 is 0 Å². The van der Waals surface area contributed by atoms with Gasteiger partial charge in [0.25, 0.3) is 5.91 Å². The lowest BCUT2D eigenvalue weighted by Crippen LogP contribution is -2.82. The number of aromatic nitrogens is 1. The number of fused-ring (bicyclic) bond motifs is 6. The Balaban J connectivity index is 1.35. The number of hydrogen-bond donors (Lipinski definition) is 5. The molecule has 3 aromatic rings. The van der Waals surface area contributed by atoms with Crippen molar-refractivity contribution in [2.24, 2.45) is 11.3 Å². The topological polar surface area (TPSA) is 151 Å². The number of benzene rings is 2. The van der Waals surface area contributed by atoms with E-state index in [0.717, 1.165) is 46.5 Å². The van der Waals surface area contributed by atoms with E-state index in [9.17, 15) is 20.1 Å². The molecule has 1 unspecified atom stereocenters. The number of aliphatic hydroxyl groups excluding tert-OH is 1. The normalized spacial score (nSPS) is 37.6. The molecule has 5 N–H and O–H groups in total. The molecule has 1 aromatic heterocycles. The molecule has 2 saturated heterocycles. The minimum Gasteiger partial charge on any atom is -0.496 e. The summed E-state index contributed by atoms with van der Waals surface area (Å²) in [7, 11) is 4.98. The molecule has 2 bridgehead atoms. The minimum atomic E-state index is -2.20. The van der Waals surface area contributed by atoms with Gasteiger partial charge in [-0.25, -0.2) is 0 Å². The molecular formula is C46H61N5O7. The number of methoxy groups -OCH3 is 2. The lowest BCUT2D eigenvalue weighted by molar-refractivity contribution is -0.203. The van der Waals surface area contributed by atoms with Gasteiger partial charge in [0, 0.05) is 90.1 Å². The number of hydrogen-bond acceptors (Lipinski definition) is 10. The Morgan fingerprint density at radius 3 is 2.52 bits per heavy atom. The number of nitrogens with one attached hydrogen (secondary N) is 2. The van der Waals surface area contributed by atoms with Gasteiger partial charge < -0.3 is 40.0 Å².